The minimum atomic E-state index is -1.53. The van der Waals surface area contributed by atoms with Crippen molar-refractivity contribution in [3.63, 3.8) is 0 Å². The number of carboxylic acids is 2. The van der Waals surface area contributed by atoms with E-state index in [1.165, 1.54) is 18.2 Å². The number of ether oxygens (including phenoxy) is 1. The SMILES string of the molecule is COc1cccc(N2CCN(CCCC3(C(=O)O)C(C)NC(C)C(C)(C(=O)O)C3c3cccc([N+](=O)[O-])c3)CC2)c1. The Hall–Kier alpha value is -3.70. The van der Waals surface area contributed by atoms with Crippen molar-refractivity contribution in [3.8, 4) is 5.75 Å². The Morgan fingerprint density at radius 2 is 1.73 bits per heavy atom. The maximum Gasteiger partial charge on any atom is 0.311 e. The number of nitro benzene ring substituents is 1. The minimum Gasteiger partial charge on any atom is -0.497 e. The summed E-state index contributed by atoms with van der Waals surface area (Å²) in [6, 6.07) is 12.6. The lowest BCUT2D eigenvalue weighted by Gasteiger charge is -2.56. The summed E-state index contributed by atoms with van der Waals surface area (Å²) in [5.41, 5.74) is -1.77. The smallest absolute Gasteiger partial charge is 0.311 e. The number of carbonyl (C=O) groups is 2. The molecule has 11 heteroatoms. The Labute approximate surface area is 240 Å². The van der Waals surface area contributed by atoms with E-state index in [4.69, 9.17) is 4.74 Å². The largest absolute Gasteiger partial charge is 0.497 e. The van der Waals surface area contributed by atoms with E-state index in [1.807, 2.05) is 18.2 Å². The van der Waals surface area contributed by atoms with Crippen molar-refractivity contribution in [1.82, 2.24) is 10.2 Å². The molecule has 5 atom stereocenters. The molecule has 222 valence electrons. The molecule has 0 bridgehead atoms. The summed E-state index contributed by atoms with van der Waals surface area (Å²) in [7, 11) is 1.65. The van der Waals surface area contributed by atoms with Crippen LogP contribution in [0.15, 0.2) is 48.5 Å². The number of carboxylic acid groups (broad SMARTS) is 2. The molecule has 5 unspecified atom stereocenters. The third-order valence-corrected chi connectivity index (χ3v) is 9.42. The maximum atomic E-state index is 13.2. The Kier molecular flexibility index (Phi) is 8.89. The van der Waals surface area contributed by atoms with Crippen LogP contribution < -0.4 is 15.0 Å². The lowest BCUT2D eigenvalue weighted by molar-refractivity contribution is -0.385. The molecule has 2 aliphatic heterocycles. The fraction of sp³-hybridized carbons (Fsp3) is 0.533. The summed E-state index contributed by atoms with van der Waals surface area (Å²) in [4.78, 5) is 41.7. The van der Waals surface area contributed by atoms with E-state index >= 15 is 0 Å². The molecule has 4 rings (SSSR count). The summed E-state index contributed by atoms with van der Waals surface area (Å²) in [6.07, 6.45) is 0.753. The Bertz CT molecular complexity index is 1280. The van der Waals surface area contributed by atoms with Crippen LogP contribution in [0.3, 0.4) is 0 Å². The number of methoxy groups -OCH3 is 1. The summed E-state index contributed by atoms with van der Waals surface area (Å²) in [5, 5.41) is 36.1. The van der Waals surface area contributed by atoms with Gasteiger partial charge in [-0.1, -0.05) is 18.2 Å². The van der Waals surface area contributed by atoms with Crippen LogP contribution in [-0.4, -0.2) is 83.9 Å². The highest BCUT2D eigenvalue weighted by Gasteiger charge is 2.64. The van der Waals surface area contributed by atoms with Gasteiger partial charge < -0.3 is 25.2 Å². The van der Waals surface area contributed by atoms with E-state index in [1.54, 1.807) is 33.9 Å². The quantitative estimate of drug-likeness (QED) is 0.286. The number of nitrogens with zero attached hydrogens (tertiary/aromatic N) is 3. The van der Waals surface area contributed by atoms with Crippen molar-refractivity contribution >= 4 is 23.3 Å². The molecular formula is C30H40N4O7. The Balaban J connectivity index is 1.57. The molecule has 0 saturated carbocycles. The molecule has 0 spiro atoms. The van der Waals surface area contributed by atoms with E-state index in [2.05, 4.69) is 21.2 Å². The van der Waals surface area contributed by atoms with Gasteiger partial charge in [0.1, 0.15) is 5.75 Å². The third kappa shape index (κ3) is 5.60. The molecule has 2 aromatic carbocycles. The van der Waals surface area contributed by atoms with Crippen LogP contribution in [0.2, 0.25) is 0 Å². The second-order valence-electron chi connectivity index (χ2n) is 11.5. The number of hydrogen-bond acceptors (Lipinski definition) is 8. The first-order chi connectivity index (χ1) is 19.4. The number of aliphatic carboxylic acids is 2. The summed E-state index contributed by atoms with van der Waals surface area (Å²) >= 11 is 0. The third-order valence-electron chi connectivity index (χ3n) is 9.42. The van der Waals surface area contributed by atoms with Gasteiger partial charge in [0.25, 0.3) is 5.69 Å². The molecule has 41 heavy (non-hydrogen) atoms. The average Bonchev–Trinajstić information content (AvgIpc) is 2.95. The number of rotatable bonds is 10. The molecule has 2 aliphatic rings. The van der Waals surface area contributed by atoms with Crippen LogP contribution in [0.5, 0.6) is 5.75 Å². The molecule has 0 radical (unpaired) electrons. The standard InChI is InChI=1S/C30H40N4O7/c1-20-29(3,27(35)36)26(22-8-5-10-24(18-22)34(39)40)30(28(37)38,21(2)31-20)12-7-13-32-14-16-33(17-15-32)23-9-6-11-25(19-23)41-4/h5-6,8-11,18-21,26,31H,7,12-17H2,1-4H3,(H,35,36)(H,37,38). The zero-order valence-corrected chi connectivity index (χ0v) is 24.1. The number of nitro groups is 1. The Morgan fingerprint density at radius 3 is 2.34 bits per heavy atom. The van der Waals surface area contributed by atoms with Gasteiger partial charge >= 0.3 is 11.9 Å². The molecular weight excluding hydrogens is 528 g/mol. The fourth-order valence-corrected chi connectivity index (χ4v) is 6.91. The lowest BCUT2D eigenvalue weighted by Crippen LogP contribution is -2.68. The topological polar surface area (TPSA) is 145 Å². The van der Waals surface area contributed by atoms with E-state index in [0.717, 1.165) is 37.6 Å². The van der Waals surface area contributed by atoms with E-state index < -0.39 is 45.7 Å². The predicted octanol–water partition coefficient (Wildman–Crippen LogP) is 3.83. The number of piperazine rings is 1. The second kappa shape index (κ2) is 12.0. The number of anilines is 1. The number of benzene rings is 2. The highest BCUT2D eigenvalue weighted by Crippen LogP contribution is 2.57. The average molecular weight is 569 g/mol. The molecule has 2 aromatic rings. The monoisotopic (exact) mass is 568 g/mol. The van der Waals surface area contributed by atoms with Gasteiger partial charge in [-0.15, -0.1) is 0 Å². The van der Waals surface area contributed by atoms with Crippen molar-refractivity contribution in [2.24, 2.45) is 10.8 Å². The predicted molar refractivity (Wildman–Crippen MR) is 155 cm³/mol. The van der Waals surface area contributed by atoms with Crippen LogP contribution in [0.4, 0.5) is 11.4 Å². The van der Waals surface area contributed by atoms with Crippen LogP contribution in [0.1, 0.15) is 45.1 Å². The number of nitrogens with one attached hydrogen (secondary N) is 1. The lowest BCUT2D eigenvalue weighted by atomic mass is 9.51. The molecule has 11 nitrogen and oxygen atoms in total. The highest BCUT2D eigenvalue weighted by atomic mass is 16.6. The van der Waals surface area contributed by atoms with Gasteiger partial charge in [-0.3, -0.25) is 24.6 Å². The van der Waals surface area contributed by atoms with Gasteiger partial charge in [-0.25, -0.2) is 0 Å². The van der Waals surface area contributed by atoms with Gasteiger partial charge in [0.05, 0.1) is 22.9 Å². The summed E-state index contributed by atoms with van der Waals surface area (Å²) in [6.45, 7) is 8.99. The number of piperidine rings is 1. The van der Waals surface area contributed by atoms with Crippen molar-refractivity contribution in [2.75, 3.05) is 44.7 Å². The Morgan fingerprint density at radius 1 is 1.05 bits per heavy atom. The second-order valence-corrected chi connectivity index (χ2v) is 11.5. The molecule has 3 N–H and O–H groups in total. The zero-order valence-electron chi connectivity index (χ0n) is 24.1. The normalized spacial score (nSPS) is 28.7. The summed E-state index contributed by atoms with van der Waals surface area (Å²) in [5.74, 6) is -2.43. The fourth-order valence-electron chi connectivity index (χ4n) is 6.91. The minimum absolute atomic E-state index is 0.192. The van der Waals surface area contributed by atoms with E-state index in [9.17, 15) is 29.9 Å². The van der Waals surface area contributed by atoms with Crippen molar-refractivity contribution in [3.05, 3.63) is 64.2 Å². The molecule has 2 saturated heterocycles. The van der Waals surface area contributed by atoms with Gasteiger partial charge in [-0.2, -0.15) is 0 Å². The molecule has 0 amide bonds. The van der Waals surface area contributed by atoms with Crippen molar-refractivity contribution in [1.29, 1.82) is 0 Å². The van der Waals surface area contributed by atoms with Crippen LogP contribution in [0, 0.1) is 20.9 Å². The number of non-ortho nitro benzene ring substituents is 1. The zero-order chi connectivity index (χ0) is 29.9. The van der Waals surface area contributed by atoms with Gasteiger partial charge in [0.15, 0.2) is 0 Å². The van der Waals surface area contributed by atoms with Crippen LogP contribution >= 0.6 is 0 Å². The first kappa shape index (κ1) is 30.3. The van der Waals surface area contributed by atoms with E-state index in [0.29, 0.717) is 18.5 Å². The van der Waals surface area contributed by atoms with Crippen LogP contribution in [0.25, 0.3) is 0 Å². The van der Waals surface area contributed by atoms with Crippen molar-refractivity contribution in [2.45, 2.75) is 51.6 Å². The van der Waals surface area contributed by atoms with Gasteiger partial charge in [0, 0.05) is 68.1 Å². The molecule has 0 aromatic heterocycles. The van der Waals surface area contributed by atoms with Gasteiger partial charge in [-0.05, 0) is 57.9 Å². The maximum absolute atomic E-state index is 13.2. The number of hydrogen-bond donors (Lipinski definition) is 3. The van der Waals surface area contributed by atoms with Crippen molar-refractivity contribution < 1.29 is 29.5 Å². The first-order valence-corrected chi connectivity index (χ1v) is 14.0. The summed E-state index contributed by atoms with van der Waals surface area (Å²) < 4.78 is 5.35. The molecule has 2 heterocycles. The van der Waals surface area contributed by atoms with Gasteiger partial charge in [0.2, 0.25) is 0 Å². The van der Waals surface area contributed by atoms with E-state index in [-0.39, 0.29) is 12.1 Å². The highest BCUT2D eigenvalue weighted by molar-refractivity contribution is 5.84. The van der Waals surface area contributed by atoms with Crippen LogP contribution in [-0.2, 0) is 9.59 Å². The molecule has 0 aliphatic carbocycles. The first-order valence-electron chi connectivity index (χ1n) is 14.0. The molecule has 2 fully saturated rings.